The van der Waals surface area contributed by atoms with Gasteiger partial charge in [-0.05, 0) is 43.7 Å². The number of hydrogen-bond acceptors (Lipinski definition) is 3. The zero-order chi connectivity index (χ0) is 15.9. The topological polar surface area (TPSA) is 59.2 Å². The molecule has 0 aliphatic heterocycles. The Bertz CT molecular complexity index is 955. The number of sulfone groups is 1. The number of hydrogen-bond donors (Lipinski definition) is 1. The number of ether oxygens (including phenoxy) is 1. The van der Waals surface area contributed by atoms with E-state index in [9.17, 15) is 8.42 Å². The van der Waals surface area contributed by atoms with Gasteiger partial charge in [-0.1, -0.05) is 18.2 Å². The second kappa shape index (κ2) is 5.18. The van der Waals surface area contributed by atoms with Crippen molar-refractivity contribution in [1.82, 2.24) is 4.98 Å². The van der Waals surface area contributed by atoms with Gasteiger partial charge in [0, 0.05) is 16.6 Å². The summed E-state index contributed by atoms with van der Waals surface area (Å²) >= 11 is 0. The molecule has 114 valence electrons. The minimum absolute atomic E-state index is 0.307. The summed E-state index contributed by atoms with van der Waals surface area (Å²) in [6.45, 7) is 3.56. The van der Waals surface area contributed by atoms with E-state index in [0.29, 0.717) is 26.8 Å². The molecule has 0 spiro atoms. The van der Waals surface area contributed by atoms with Gasteiger partial charge in [-0.3, -0.25) is 0 Å². The van der Waals surface area contributed by atoms with E-state index in [1.165, 1.54) is 0 Å². The smallest absolute Gasteiger partial charge is 0.209 e. The van der Waals surface area contributed by atoms with Crippen molar-refractivity contribution in [1.29, 1.82) is 0 Å². The molecule has 3 aromatic rings. The summed E-state index contributed by atoms with van der Waals surface area (Å²) in [5.74, 6) is 0.645. The average Bonchev–Trinajstić information content (AvgIpc) is 2.83. The van der Waals surface area contributed by atoms with Gasteiger partial charge in [-0.25, -0.2) is 8.42 Å². The second-order valence-corrected chi connectivity index (χ2v) is 7.11. The zero-order valence-electron chi connectivity index (χ0n) is 12.7. The van der Waals surface area contributed by atoms with Crippen LogP contribution in [0.4, 0.5) is 0 Å². The Kier molecular flexibility index (Phi) is 3.45. The van der Waals surface area contributed by atoms with E-state index in [1.54, 1.807) is 39.2 Å². The van der Waals surface area contributed by atoms with Crippen molar-refractivity contribution in [3.8, 4) is 5.75 Å². The molecule has 1 N–H and O–H groups in total. The Balaban J connectivity index is 2.27. The Morgan fingerprint density at radius 1 is 1.05 bits per heavy atom. The van der Waals surface area contributed by atoms with E-state index in [4.69, 9.17) is 4.74 Å². The monoisotopic (exact) mass is 315 g/mol. The first-order chi connectivity index (χ1) is 10.4. The first kappa shape index (κ1) is 14.7. The van der Waals surface area contributed by atoms with E-state index in [-0.39, 0.29) is 0 Å². The normalized spacial score (nSPS) is 11.8. The zero-order valence-corrected chi connectivity index (χ0v) is 13.5. The quantitative estimate of drug-likeness (QED) is 0.803. The fourth-order valence-electron chi connectivity index (χ4n) is 2.76. The molecule has 0 amide bonds. The molecule has 1 aromatic heterocycles. The molecule has 0 radical (unpaired) electrons. The maximum Gasteiger partial charge on any atom is 0.209 e. The van der Waals surface area contributed by atoms with Crippen LogP contribution in [0, 0.1) is 13.8 Å². The minimum Gasteiger partial charge on any atom is -0.497 e. The molecular formula is C17H17NO3S. The lowest BCUT2D eigenvalue weighted by Crippen LogP contribution is -2.05. The molecule has 0 unspecified atom stereocenters. The van der Waals surface area contributed by atoms with Crippen molar-refractivity contribution >= 4 is 20.7 Å². The Hall–Kier alpha value is -2.27. The lowest BCUT2D eigenvalue weighted by atomic mass is 10.2. The van der Waals surface area contributed by atoms with Crippen LogP contribution in [0.25, 0.3) is 10.9 Å². The molecule has 1 heterocycles. The summed E-state index contributed by atoms with van der Waals surface area (Å²) in [6, 6.07) is 12.4. The van der Waals surface area contributed by atoms with E-state index in [1.807, 2.05) is 24.3 Å². The Morgan fingerprint density at radius 2 is 1.77 bits per heavy atom. The minimum atomic E-state index is -3.60. The maximum atomic E-state index is 13.1. The maximum absolute atomic E-state index is 13.1. The molecule has 0 aliphatic rings. The third kappa shape index (κ3) is 2.18. The number of aryl methyl sites for hydroxylation is 2. The molecule has 0 saturated heterocycles. The van der Waals surface area contributed by atoms with Gasteiger partial charge in [-0.2, -0.15) is 0 Å². The highest BCUT2D eigenvalue weighted by molar-refractivity contribution is 7.91. The summed E-state index contributed by atoms with van der Waals surface area (Å²) in [4.78, 5) is 3.79. The van der Waals surface area contributed by atoms with Crippen LogP contribution in [0.5, 0.6) is 5.75 Å². The van der Waals surface area contributed by atoms with Crippen LogP contribution < -0.4 is 4.74 Å². The number of para-hydroxylation sites is 1. The van der Waals surface area contributed by atoms with Crippen LogP contribution in [-0.2, 0) is 9.84 Å². The van der Waals surface area contributed by atoms with Gasteiger partial charge < -0.3 is 9.72 Å². The molecule has 0 saturated carbocycles. The standard InChI is InChI=1S/C17H17NO3S/c1-11-10-13(21-3)8-9-16(11)22(19,20)17-12(2)18-15-7-5-4-6-14(15)17/h4-10,18H,1-3H3. The number of H-pyrrole nitrogens is 1. The van der Waals surface area contributed by atoms with Crippen LogP contribution in [0.1, 0.15) is 11.3 Å². The van der Waals surface area contributed by atoms with Gasteiger partial charge >= 0.3 is 0 Å². The van der Waals surface area contributed by atoms with Gasteiger partial charge in [-0.15, -0.1) is 0 Å². The predicted octanol–water partition coefficient (Wildman–Crippen LogP) is 3.63. The Labute approximate surface area is 129 Å². The number of aromatic nitrogens is 1. The second-order valence-electron chi connectivity index (χ2n) is 5.26. The van der Waals surface area contributed by atoms with Crippen molar-refractivity contribution in [2.45, 2.75) is 23.6 Å². The largest absolute Gasteiger partial charge is 0.497 e. The lowest BCUT2D eigenvalue weighted by molar-refractivity contribution is 0.414. The molecule has 0 atom stereocenters. The molecule has 22 heavy (non-hydrogen) atoms. The van der Waals surface area contributed by atoms with Crippen molar-refractivity contribution in [2.24, 2.45) is 0 Å². The van der Waals surface area contributed by atoms with Gasteiger partial charge in [0.05, 0.1) is 16.9 Å². The van der Waals surface area contributed by atoms with Crippen molar-refractivity contribution < 1.29 is 13.2 Å². The summed E-state index contributed by atoms with van der Waals surface area (Å²) in [5, 5.41) is 0.718. The van der Waals surface area contributed by atoms with Crippen molar-refractivity contribution in [3.63, 3.8) is 0 Å². The highest BCUT2D eigenvalue weighted by Gasteiger charge is 2.26. The molecule has 5 heteroatoms. The summed E-state index contributed by atoms with van der Waals surface area (Å²) in [6.07, 6.45) is 0. The van der Waals surface area contributed by atoms with Gasteiger partial charge in [0.15, 0.2) is 0 Å². The van der Waals surface area contributed by atoms with Gasteiger partial charge in [0.2, 0.25) is 9.84 Å². The predicted molar refractivity (Wildman–Crippen MR) is 86.2 cm³/mol. The average molecular weight is 315 g/mol. The number of aromatic amines is 1. The van der Waals surface area contributed by atoms with Gasteiger partial charge in [0.25, 0.3) is 0 Å². The number of methoxy groups -OCH3 is 1. The van der Waals surface area contributed by atoms with E-state index >= 15 is 0 Å². The molecule has 3 rings (SSSR count). The first-order valence-electron chi connectivity index (χ1n) is 6.92. The molecule has 0 bridgehead atoms. The Morgan fingerprint density at radius 3 is 2.45 bits per heavy atom. The van der Waals surface area contributed by atoms with Gasteiger partial charge in [0.1, 0.15) is 5.75 Å². The van der Waals surface area contributed by atoms with Crippen LogP contribution in [0.3, 0.4) is 0 Å². The van der Waals surface area contributed by atoms with E-state index in [2.05, 4.69) is 4.98 Å². The van der Waals surface area contributed by atoms with E-state index in [0.717, 1.165) is 10.9 Å². The molecular weight excluding hydrogens is 298 g/mol. The third-order valence-electron chi connectivity index (χ3n) is 3.77. The molecule has 0 aliphatic carbocycles. The SMILES string of the molecule is COc1ccc(S(=O)(=O)c2c(C)[nH]c3ccccc23)c(C)c1. The van der Waals surface area contributed by atoms with E-state index < -0.39 is 9.84 Å². The number of fused-ring (bicyclic) bond motifs is 1. The number of benzene rings is 2. The highest BCUT2D eigenvalue weighted by Crippen LogP contribution is 2.33. The third-order valence-corrected chi connectivity index (χ3v) is 5.88. The highest BCUT2D eigenvalue weighted by atomic mass is 32.2. The lowest BCUT2D eigenvalue weighted by Gasteiger charge is -2.10. The van der Waals surface area contributed by atoms with Crippen LogP contribution in [0.2, 0.25) is 0 Å². The van der Waals surface area contributed by atoms with Crippen LogP contribution in [-0.4, -0.2) is 20.5 Å². The fourth-order valence-corrected chi connectivity index (χ4v) is 4.63. The summed E-state index contributed by atoms with van der Waals surface area (Å²) in [7, 11) is -2.03. The van der Waals surface area contributed by atoms with Crippen molar-refractivity contribution in [3.05, 3.63) is 53.7 Å². The van der Waals surface area contributed by atoms with Crippen LogP contribution >= 0.6 is 0 Å². The van der Waals surface area contributed by atoms with Crippen molar-refractivity contribution in [2.75, 3.05) is 7.11 Å². The molecule has 2 aromatic carbocycles. The number of nitrogens with one attached hydrogen (secondary N) is 1. The number of rotatable bonds is 3. The molecule has 0 fully saturated rings. The molecule has 4 nitrogen and oxygen atoms in total. The summed E-state index contributed by atoms with van der Waals surface area (Å²) in [5.41, 5.74) is 2.14. The fraction of sp³-hybridized carbons (Fsp3) is 0.176. The first-order valence-corrected chi connectivity index (χ1v) is 8.40. The summed E-state index contributed by atoms with van der Waals surface area (Å²) < 4.78 is 31.3. The van der Waals surface area contributed by atoms with Crippen LogP contribution in [0.15, 0.2) is 52.3 Å².